The van der Waals surface area contributed by atoms with Gasteiger partial charge < -0.3 is 4.74 Å². The summed E-state index contributed by atoms with van der Waals surface area (Å²) in [7, 11) is 0. The largest absolute Gasteiger partial charge is 0.465 e. The van der Waals surface area contributed by atoms with Gasteiger partial charge in [0.2, 0.25) is 0 Å². The number of rotatable bonds is 9. The van der Waals surface area contributed by atoms with Gasteiger partial charge in [0.1, 0.15) is 0 Å². The van der Waals surface area contributed by atoms with Crippen LogP contribution in [0, 0.1) is 11.3 Å². The monoisotopic (exact) mass is 474 g/mol. The summed E-state index contributed by atoms with van der Waals surface area (Å²) in [4.78, 5) is 12.6. The predicted molar refractivity (Wildman–Crippen MR) is 147 cm³/mol. The van der Waals surface area contributed by atoms with Gasteiger partial charge in [-0.1, -0.05) is 81.6 Å². The van der Waals surface area contributed by atoms with Crippen molar-refractivity contribution in [3.05, 3.63) is 59.7 Å². The summed E-state index contributed by atoms with van der Waals surface area (Å²) in [5.41, 5.74) is 5.24. The van der Waals surface area contributed by atoms with Crippen molar-refractivity contribution in [1.29, 1.82) is 0 Å². The van der Waals surface area contributed by atoms with Gasteiger partial charge in [-0.25, -0.2) is 0 Å². The topological polar surface area (TPSA) is 26.3 Å². The molecule has 2 aliphatic rings. The maximum absolute atomic E-state index is 12.6. The Labute approximate surface area is 213 Å². The second-order valence-electron chi connectivity index (χ2n) is 11.6. The molecular weight excluding hydrogens is 428 g/mol. The normalized spacial score (nSPS) is 26.9. The molecule has 0 amide bonds. The minimum Gasteiger partial charge on any atom is -0.465 e. The van der Waals surface area contributed by atoms with Gasteiger partial charge in [0, 0.05) is 0 Å². The SMILES string of the molecule is CCCCOC(=O)C1(C)CCC(c2ccc(-c3ccc(C4CCC(CCC)CC4)cc3)cc2)CC1. The number of hydrogen-bond donors (Lipinski definition) is 0. The molecule has 0 bridgehead atoms. The minimum absolute atomic E-state index is 0.0113. The fourth-order valence-corrected chi connectivity index (χ4v) is 6.36. The summed E-state index contributed by atoms with van der Waals surface area (Å²) >= 11 is 0. The molecule has 2 nitrogen and oxygen atoms in total. The van der Waals surface area contributed by atoms with Gasteiger partial charge in [-0.3, -0.25) is 4.79 Å². The van der Waals surface area contributed by atoms with E-state index in [0.717, 1.165) is 50.4 Å². The number of hydrogen-bond acceptors (Lipinski definition) is 2. The molecule has 2 heteroatoms. The van der Waals surface area contributed by atoms with Gasteiger partial charge in [-0.15, -0.1) is 0 Å². The highest BCUT2D eigenvalue weighted by Gasteiger charge is 2.39. The summed E-state index contributed by atoms with van der Waals surface area (Å²) in [5.74, 6) is 2.27. The molecule has 2 aromatic carbocycles. The Morgan fingerprint density at radius 3 is 1.77 bits per heavy atom. The van der Waals surface area contributed by atoms with Crippen molar-refractivity contribution in [2.24, 2.45) is 11.3 Å². The van der Waals surface area contributed by atoms with Crippen LogP contribution in [0.1, 0.15) is 121 Å². The van der Waals surface area contributed by atoms with Crippen molar-refractivity contribution < 1.29 is 9.53 Å². The number of carbonyl (C=O) groups is 1. The van der Waals surface area contributed by atoms with Crippen molar-refractivity contribution in [3.63, 3.8) is 0 Å². The molecule has 2 saturated carbocycles. The van der Waals surface area contributed by atoms with E-state index in [1.54, 1.807) is 0 Å². The van der Waals surface area contributed by atoms with Crippen LogP contribution in [-0.4, -0.2) is 12.6 Å². The van der Waals surface area contributed by atoms with Crippen LogP contribution in [0.25, 0.3) is 11.1 Å². The van der Waals surface area contributed by atoms with Crippen molar-refractivity contribution in [1.82, 2.24) is 0 Å². The van der Waals surface area contributed by atoms with Gasteiger partial charge in [-0.2, -0.15) is 0 Å². The Kier molecular flexibility index (Phi) is 9.09. The molecule has 0 radical (unpaired) electrons. The van der Waals surface area contributed by atoms with E-state index in [1.165, 1.54) is 60.8 Å². The molecule has 35 heavy (non-hydrogen) atoms. The van der Waals surface area contributed by atoms with E-state index in [0.29, 0.717) is 12.5 Å². The van der Waals surface area contributed by atoms with Gasteiger partial charge in [0.25, 0.3) is 0 Å². The quantitative estimate of drug-likeness (QED) is 0.267. The first-order valence-corrected chi connectivity index (χ1v) is 14.4. The molecule has 0 aliphatic heterocycles. The molecular formula is C33H46O2. The molecule has 0 N–H and O–H groups in total. The van der Waals surface area contributed by atoms with Crippen molar-refractivity contribution in [2.45, 2.75) is 110 Å². The van der Waals surface area contributed by atoms with E-state index in [2.05, 4.69) is 69.3 Å². The van der Waals surface area contributed by atoms with Crippen molar-refractivity contribution in [2.75, 3.05) is 6.61 Å². The van der Waals surface area contributed by atoms with E-state index < -0.39 is 0 Å². The fraction of sp³-hybridized carbons (Fsp3) is 0.606. The van der Waals surface area contributed by atoms with Crippen LogP contribution >= 0.6 is 0 Å². The Bertz CT molecular complexity index is 911. The molecule has 0 aromatic heterocycles. The Hall–Kier alpha value is -2.09. The fourth-order valence-electron chi connectivity index (χ4n) is 6.36. The summed E-state index contributed by atoms with van der Waals surface area (Å²) in [6.07, 6.45) is 14.3. The van der Waals surface area contributed by atoms with Crippen LogP contribution in [0.15, 0.2) is 48.5 Å². The summed E-state index contributed by atoms with van der Waals surface area (Å²) < 4.78 is 5.55. The van der Waals surface area contributed by atoms with Crippen LogP contribution < -0.4 is 0 Å². The van der Waals surface area contributed by atoms with Gasteiger partial charge >= 0.3 is 5.97 Å². The molecule has 0 spiro atoms. The molecule has 2 aliphatic carbocycles. The van der Waals surface area contributed by atoms with Crippen LogP contribution in [0.3, 0.4) is 0 Å². The lowest BCUT2D eigenvalue weighted by Crippen LogP contribution is -2.34. The zero-order valence-corrected chi connectivity index (χ0v) is 22.4. The summed E-state index contributed by atoms with van der Waals surface area (Å²) in [5, 5.41) is 0. The third-order valence-corrected chi connectivity index (χ3v) is 8.95. The van der Waals surface area contributed by atoms with E-state index in [-0.39, 0.29) is 11.4 Å². The highest BCUT2D eigenvalue weighted by atomic mass is 16.5. The number of esters is 1. The van der Waals surface area contributed by atoms with Crippen LogP contribution in [0.2, 0.25) is 0 Å². The molecule has 0 unspecified atom stereocenters. The molecule has 0 heterocycles. The second kappa shape index (κ2) is 12.2. The highest BCUT2D eigenvalue weighted by molar-refractivity contribution is 5.76. The van der Waals surface area contributed by atoms with Crippen molar-refractivity contribution in [3.8, 4) is 11.1 Å². The molecule has 0 atom stereocenters. The maximum atomic E-state index is 12.6. The van der Waals surface area contributed by atoms with Crippen molar-refractivity contribution >= 4 is 5.97 Å². The van der Waals surface area contributed by atoms with E-state index in [9.17, 15) is 4.79 Å². The average Bonchev–Trinajstić information content (AvgIpc) is 2.90. The minimum atomic E-state index is -0.304. The molecule has 2 fully saturated rings. The maximum Gasteiger partial charge on any atom is 0.311 e. The molecule has 2 aromatic rings. The van der Waals surface area contributed by atoms with Gasteiger partial charge in [-0.05, 0) is 105 Å². The lowest BCUT2D eigenvalue weighted by molar-refractivity contribution is -0.157. The summed E-state index contributed by atoms with van der Waals surface area (Å²) in [6, 6.07) is 18.6. The molecule has 190 valence electrons. The molecule has 4 rings (SSSR count). The average molecular weight is 475 g/mol. The number of carbonyl (C=O) groups excluding carboxylic acids is 1. The first-order valence-electron chi connectivity index (χ1n) is 14.4. The summed E-state index contributed by atoms with van der Waals surface area (Å²) in [6.45, 7) is 7.11. The standard InChI is InChI=1S/C33H46O2/c1-4-6-24-35-32(34)33(3)22-20-31(21-23-33)30-18-16-29(17-19-30)28-14-12-27(13-15-28)26-10-8-25(7-5-2)9-11-26/h12-19,25-26,31H,4-11,20-24H2,1-3H3. The van der Waals surface area contributed by atoms with Crippen LogP contribution in [0.4, 0.5) is 0 Å². The first kappa shape index (κ1) is 26.0. The van der Waals surface area contributed by atoms with Crippen LogP contribution in [-0.2, 0) is 9.53 Å². The second-order valence-corrected chi connectivity index (χ2v) is 11.6. The number of benzene rings is 2. The molecule has 0 saturated heterocycles. The highest BCUT2D eigenvalue weighted by Crippen LogP contribution is 2.44. The predicted octanol–water partition coefficient (Wildman–Crippen LogP) is 9.43. The first-order chi connectivity index (χ1) is 17.0. The van der Waals surface area contributed by atoms with E-state index in [1.807, 2.05) is 0 Å². The van der Waals surface area contributed by atoms with Gasteiger partial charge in [0.15, 0.2) is 0 Å². The zero-order valence-electron chi connectivity index (χ0n) is 22.4. The number of unbranched alkanes of at least 4 members (excludes halogenated alkanes) is 1. The zero-order chi connectivity index (χ0) is 24.7. The lowest BCUT2D eigenvalue weighted by atomic mass is 9.70. The Balaban J connectivity index is 1.30. The Morgan fingerprint density at radius 1 is 0.771 bits per heavy atom. The number of ether oxygens (including phenoxy) is 1. The van der Waals surface area contributed by atoms with E-state index >= 15 is 0 Å². The Morgan fingerprint density at radius 2 is 1.29 bits per heavy atom. The third kappa shape index (κ3) is 6.57. The van der Waals surface area contributed by atoms with Crippen LogP contribution in [0.5, 0.6) is 0 Å². The third-order valence-electron chi connectivity index (χ3n) is 8.95. The van der Waals surface area contributed by atoms with Gasteiger partial charge in [0.05, 0.1) is 12.0 Å². The van der Waals surface area contributed by atoms with E-state index in [4.69, 9.17) is 4.74 Å². The smallest absolute Gasteiger partial charge is 0.311 e. The lowest BCUT2D eigenvalue weighted by Gasteiger charge is -2.35.